The third-order valence-electron chi connectivity index (χ3n) is 3.38. The molecule has 1 atom stereocenters. The van der Waals surface area contributed by atoms with Gasteiger partial charge < -0.3 is 10.2 Å². The van der Waals surface area contributed by atoms with Gasteiger partial charge in [-0.15, -0.1) is 0 Å². The number of nitrogens with zero attached hydrogens (tertiary/aromatic N) is 1. The van der Waals surface area contributed by atoms with Crippen molar-refractivity contribution in [3.63, 3.8) is 0 Å². The molecule has 0 aromatic carbocycles. The summed E-state index contributed by atoms with van der Waals surface area (Å²) in [5, 5.41) is 5.69. The minimum atomic E-state index is -0.574. The number of rotatable bonds is 1. The summed E-state index contributed by atoms with van der Waals surface area (Å²) in [6.45, 7) is 4.24. The second kappa shape index (κ2) is 3.81. The number of hydrogen-bond acceptors (Lipinski definition) is 3. The molecular weight excluding hydrogens is 194 g/mol. The van der Waals surface area contributed by atoms with Gasteiger partial charge in [0.15, 0.2) is 0 Å². The van der Waals surface area contributed by atoms with Gasteiger partial charge >= 0.3 is 6.03 Å². The van der Waals surface area contributed by atoms with E-state index < -0.39 is 5.54 Å². The molecule has 2 aliphatic rings. The van der Waals surface area contributed by atoms with E-state index in [-0.39, 0.29) is 11.9 Å². The van der Waals surface area contributed by atoms with Gasteiger partial charge in [-0.1, -0.05) is 0 Å². The average molecular weight is 211 g/mol. The second-order valence-electron chi connectivity index (χ2n) is 4.14. The molecule has 0 bridgehead atoms. The van der Waals surface area contributed by atoms with E-state index in [4.69, 9.17) is 0 Å². The Balaban J connectivity index is 2.28. The molecule has 3 amide bonds. The minimum Gasteiger partial charge on any atom is -0.317 e. The summed E-state index contributed by atoms with van der Waals surface area (Å²) in [4.78, 5) is 25.1. The van der Waals surface area contributed by atoms with E-state index in [9.17, 15) is 9.59 Å². The monoisotopic (exact) mass is 211 g/mol. The molecule has 1 unspecified atom stereocenters. The van der Waals surface area contributed by atoms with Gasteiger partial charge in [0.2, 0.25) is 0 Å². The number of nitrogens with one attached hydrogen (secondary N) is 2. The quantitative estimate of drug-likeness (QED) is 0.603. The zero-order valence-electron chi connectivity index (χ0n) is 9.01. The van der Waals surface area contributed by atoms with Crippen LogP contribution in [0.1, 0.15) is 26.2 Å². The summed E-state index contributed by atoms with van der Waals surface area (Å²) in [6.07, 6.45) is 2.43. The molecule has 2 N–H and O–H groups in total. The number of carbonyl (C=O) groups excluding carboxylic acids is 2. The minimum absolute atomic E-state index is 0.113. The summed E-state index contributed by atoms with van der Waals surface area (Å²) in [5.41, 5.74) is -0.574. The van der Waals surface area contributed by atoms with E-state index in [0.29, 0.717) is 6.54 Å². The molecule has 0 aromatic rings. The van der Waals surface area contributed by atoms with Crippen LogP contribution in [0.4, 0.5) is 4.79 Å². The topological polar surface area (TPSA) is 61.4 Å². The molecule has 0 aliphatic carbocycles. The SMILES string of the molecule is CCN1C(=O)NC(=O)C12CCCNCC2. The fourth-order valence-electron chi connectivity index (χ4n) is 2.59. The molecule has 2 fully saturated rings. The predicted octanol–water partition coefficient (Wildman–Crippen LogP) is 0.0704. The number of imide groups is 1. The van der Waals surface area contributed by atoms with Crippen molar-refractivity contribution in [1.82, 2.24) is 15.5 Å². The Morgan fingerprint density at radius 1 is 1.33 bits per heavy atom. The van der Waals surface area contributed by atoms with Gasteiger partial charge in [-0.3, -0.25) is 10.1 Å². The summed E-state index contributed by atoms with van der Waals surface area (Å²) in [5.74, 6) is -0.113. The summed E-state index contributed by atoms with van der Waals surface area (Å²) in [7, 11) is 0. The maximum absolute atomic E-state index is 11.9. The van der Waals surface area contributed by atoms with Crippen LogP contribution in [0, 0.1) is 0 Å². The first kappa shape index (κ1) is 10.4. The van der Waals surface area contributed by atoms with Crippen molar-refractivity contribution in [2.24, 2.45) is 0 Å². The first-order valence-electron chi connectivity index (χ1n) is 5.54. The Morgan fingerprint density at radius 3 is 2.87 bits per heavy atom. The van der Waals surface area contributed by atoms with Gasteiger partial charge in [-0.05, 0) is 39.3 Å². The first-order valence-corrected chi connectivity index (χ1v) is 5.54. The lowest BCUT2D eigenvalue weighted by Crippen LogP contribution is -2.50. The van der Waals surface area contributed by atoms with Crippen molar-refractivity contribution < 1.29 is 9.59 Å². The third kappa shape index (κ3) is 1.51. The Bertz CT molecular complexity index is 282. The van der Waals surface area contributed by atoms with Crippen LogP contribution in [0.5, 0.6) is 0 Å². The lowest BCUT2D eigenvalue weighted by Gasteiger charge is -2.33. The van der Waals surface area contributed by atoms with Crippen molar-refractivity contribution in [3.05, 3.63) is 0 Å². The Morgan fingerprint density at radius 2 is 2.13 bits per heavy atom. The number of likely N-dealkylation sites (N-methyl/N-ethyl adjacent to an activating group) is 1. The zero-order valence-corrected chi connectivity index (χ0v) is 9.01. The lowest BCUT2D eigenvalue weighted by atomic mass is 9.89. The molecule has 2 aliphatic heterocycles. The van der Waals surface area contributed by atoms with Gasteiger partial charge in [0.25, 0.3) is 5.91 Å². The van der Waals surface area contributed by atoms with Crippen LogP contribution in [0.3, 0.4) is 0 Å². The van der Waals surface area contributed by atoms with Gasteiger partial charge in [-0.25, -0.2) is 4.79 Å². The molecule has 2 heterocycles. The second-order valence-corrected chi connectivity index (χ2v) is 4.14. The number of urea groups is 1. The van der Waals surface area contributed by atoms with Crippen LogP contribution in [0.15, 0.2) is 0 Å². The molecule has 5 heteroatoms. The molecule has 1 spiro atoms. The van der Waals surface area contributed by atoms with E-state index >= 15 is 0 Å². The van der Waals surface area contributed by atoms with Crippen LogP contribution < -0.4 is 10.6 Å². The Hall–Kier alpha value is -1.10. The maximum atomic E-state index is 11.9. The van der Waals surface area contributed by atoms with Gasteiger partial charge in [-0.2, -0.15) is 0 Å². The van der Waals surface area contributed by atoms with Crippen LogP contribution in [-0.4, -0.2) is 42.0 Å². The number of hydrogen-bond donors (Lipinski definition) is 2. The molecule has 5 nitrogen and oxygen atoms in total. The molecule has 0 aromatic heterocycles. The summed E-state index contributed by atoms with van der Waals surface area (Å²) in [6, 6.07) is -0.232. The van der Waals surface area contributed by atoms with E-state index in [1.54, 1.807) is 4.90 Å². The van der Waals surface area contributed by atoms with E-state index in [1.165, 1.54) is 0 Å². The van der Waals surface area contributed by atoms with Gasteiger partial charge in [0.1, 0.15) is 5.54 Å². The summed E-state index contributed by atoms with van der Waals surface area (Å²) < 4.78 is 0. The molecule has 2 saturated heterocycles. The molecule has 0 saturated carbocycles. The standard InChI is InChI=1S/C10H17N3O2/c1-2-13-9(15)12-8(14)10(13)4-3-6-11-7-5-10/h11H,2-7H2,1H3,(H,12,14,15). The zero-order chi connectivity index (χ0) is 10.9. The lowest BCUT2D eigenvalue weighted by molar-refractivity contribution is -0.127. The molecular formula is C10H17N3O2. The van der Waals surface area contributed by atoms with Gasteiger partial charge in [0, 0.05) is 6.54 Å². The van der Waals surface area contributed by atoms with Crippen molar-refractivity contribution in [3.8, 4) is 0 Å². The fourth-order valence-corrected chi connectivity index (χ4v) is 2.59. The van der Waals surface area contributed by atoms with Crippen molar-refractivity contribution in [1.29, 1.82) is 0 Å². The van der Waals surface area contributed by atoms with Crippen LogP contribution in [0.2, 0.25) is 0 Å². The third-order valence-corrected chi connectivity index (χ3v) is 3.38. The van der Waals surface area contributed by atoms with Crippen molar-refractivity contribution >= 4 is 11.9 Å². The van der Waals surface area contributed by atoms with Crippen LogP contribution >= 0.6 is 0 Å². The Kier molecular flexibility index (Phi) is 2.65. The van der Waals surface area contributed by atoms with Crippen LogP contribution in [0.25, 0.3) is 0 Å². The Labute approximate surface area is 89.2 Å². The highest BCUT2D eigenvalue weighted by atomic mass is 16.2. The van der Waals surface area contributed by atoms with Gasteiger partial charge in [0.05, 0.1) is 0 Å². The average Bonchev–Trinajstić information content (AvgIpc) is 2.42. The largest absolute Gasteiger partial charge is 0.325 e. The fraction of sp³-hybridized carbons (Fsp3) is 0.800. The molecule has 84 valence electrons. The number of carbonyl (C=O) groups is 2. The first-order chi connectivity index (χ1) is 7.20. The van der Waals surface area contributed by atoms with E-state index in [2.05, 4.69) is 10.6 Å². The highest BCUT2D eigenvalue weighted by Crippen LogP contribution is 2.31. The molecule has 0 radical (unpaired) electrons. The van der Waals surface area contributed by atoms with E-state index in [0.717, 1.165) is 32.4 Å². The highest BCUT2D eigenvalue weighted by molar-refractivity contribution is 6.07. The maximum Gasteiger partial charge on any atom is 0.325 e. The number of amides is 3. The summed E-state index contributed by atoms with van der Waals surface area (Å²) >= 11 is 0. The van der Waals surface area contributed by atoms with E-state index in [1.807, 2.05) is 6.92 Å². The van der Waals surface area contributed by atoms with Crippen LogP contribution in [-0.2, 0) is 4.79 Å². The molecule has 15 heavy (non-hydrogen) atoms. The predicted molar refractivity (Wildman–Crippen MR) is 55.4 cm³/mol. The normalized spacial score (nSPS) is 31.9. The highest BCUT2D eigenvalue weighted by Gasteiger charge is 2.51. The van der Waals surface area contributed by atoms with Crippen molar-refractivity contribution in [2.45, 2.75) is 31.7 Å². The molecule has 2 rings (SSSR count). The van der Waals surface area contributed by atoms with Crippen molar-refractivity contribution in [2.75, 3.05) is 19.6 Å². The smallest absolute Gasteiger partial charge is 0.317 e.